The van der Waals surface area contributed by atoms with Gasteiger partial charge in [-0.1, -0.05) is 55.1 Å². The smallest absolute Gasteiger partial charge is 0.231 e. The molecule has 5 rings (SSSR count). The number of rotatable bonds is 2. The number of carbonyl (C=O) groups is 2. The average molecular weight is 435 g/mol. The molecule has 0 unspecified atom stereocenters. The molecule has 1 N–H and O–H groups in total. The Bertz CT molecular complexity index is 1040. The van der Waals surface area contributed by atoms with Crippen LogP contribution in [0.15, 0.2) is 59.8 Å². The van der Waals surface area contributed by atoms with Gasteiger partial charge in [0.2, 0.25) is 5.91 Å². The van der Waals surface area contributed by atoms with Crippen LogP contribution in [-0.2, 0) is 9.59 Å². The maximum Gasteiger partial charge on any atom is 0.231 e. The van der Waals surface area contributed by atoms with E-state index in [9.17, 15) is 9.59 Å². The van der Waals surface area contributed by atoms with Crippen LogP contribution < -0.4 is 10.2 Å². The number of benzene rings is 2. The number of halogens is 1. The third kappa shape index (κ3) is 3.78. The van der Waals surface area contributed by atoms with E-state index in [2.05, 4.69) is 5.32 Å². The number of Topliss-reactive ketones (excluding diaryl/α,β-unsaturated/α-hetero) is 1. The fourth-order valence-corrected chi connectivity index (χ4v) is 5.41. The third-order valence-electron chi connectivity index (χ3n) is 6.81. The second kappa shape index (κ2) is 8.51. The molecule has 2 aromatic rings. The van der Waals surface area contributed by atoms with Gasteiger partial charge in [0.1, 0.15) is 0 Å². The Morgan fingerprint density at radius 1 is 0.935 bits per heavy atom. The molecule has 1 amide bonds. The predicted molar refractivity (Wildman–Crippen MR) is 124 cm³/mol. The van der Waals surface area contributed by atoms with Crippen LogP contribution in [0.5, 0.6) is 0 Å². The number of ketones is 1. The molecule has 160 valence electrons. The number of allylic oxidation sites excluding steroid dienone is 1. The number of hydrogen-bond donors (Lipinski definition) is 1. The van der Waals surface area contributed by atoms with Gasteiger partial charge in [-0.05, 0) is 55.5 Å². The van der Waals surface area contributed by atoms with E-state index in [4.69, 9.17) is 11.6 Å². The lowest BCUT2D eigenvalue weighted by molar-refractivity contribution is -0.123. The number of nitrogens with one attached hydrogen (secondary N) is 1. The Morgan fingerprint density at radius 3 is 2.45 bits per heavy atom. The van der Waals surface area contributed by atoms with Crippen molar-refractivity contribution in [2.75, 3.05) is 10.2 Å². The third-order valence-corrected chi connectivity index (χ3v) is 7.07. The predicted octanol–water partition coefficient (Wildman–Crippen LogP) is 6.43. The van der Waals surface area contributed by atoms with E-state index in [0.717, 1.165) is 66.7 Å². The summed E-state index contributed by atoms with van der Waals surface area (Å²) in [5, 5.41) is 4.17. The van der Waals surface area contributed by atoms with Gasteiger partial charge >= 0.3 is 0 Å². The number of para-hydroxylation sites is 2. The van der Waals surface area contributed by atoms with Gasteiger partial charge in [0.15, 0.2) is 5.78 Å². The Labute approximate surface area is 188 Å². The number of fused-ring (bicyclic) bond motifs is 1. The minimum absolute atomic E-state index is 0.00236. The summed E-state index contributed by atoms with van der Waals surface area (Å²) >= 11 is 6.18. The Kier molecular flexibility index (Phi) is 5.58. The highest BCUT2D eigenvalue weighted by Gasteiger charge is 2.41. The maximum atomic E-state index is 14.0. The van der Waals surface area contributed by atoms with Crippen molar-refractivity contribution in [2.45, 2.75) is 57.4 Å². The average Bonchev–Trinajstić information content (AvgIpc) is 2.95. The zero-order valence-electron chi connectivity index (χ0n) is 17.6. The highest BCUT2D eigenvalue weighted by molar-refractivity contribution is 6.30. The van der Waals surface area contributed by atoms with Crippen molar-refractivity contribution in [1.82, 2.24) is 0 Å². The van der Waals surface area contributed by atoms with Crippen molar-refractivity contribution in [1.29, 1.82) is 0 Å². The molecular weight excluding hydrogens is 408 g/mol. The lowest BCUT2D eigenvalue weighted by Gasteiger charge is -2.37. The van der Waals surface area contributed by atoms with Gasteiger partial charge in [-0.25, -0.2) is 0 Å². The molecule has 5 heteroatoms. The molecule has 2 aliphatic carbocycles. The Morgan fingerprint density at radius 2 is 1.68 bits per heavy atom. The molecule has 0 radical (unpaired) electrons. The van der Waals surface area contributed by atoms with Crippen LogP contribution in [0.2, 0.25) is 5.02 Å². The number of amides is 1. The molecule has 2 aromatic carbocycles. The summed E-state index contributed by atoms with van der Waals surface area (Å²) in [5.74, 6) is 0.251. The lowest BCUT2D eigenvalue weighted by atomic mass is 9.83. The monoisotopic (exact) mass is 434 g/mol. The van der Waals surface area contributed by atoms with Gasteiger partial charge in [-0.2, -0.15) is 0 Å². The van der Waals surface area contributed by atoms with Crippen molar-refractivity contribution in [3.8, 4) is 0 Å². The fourth-order valence-electron chi connectivity index (χ4n) is 5.28. The fraction of sp³-hybridized carbons (Fsp3) is 0.385. The molecule has 0 saturated heterocycles. The molecule has 1 fully saturated rings. The molecule has 1 atom stereocenters. The number of carbonyl (C=O) groups excluding carboxylic acids is 2. The van der Waals surface area contributed by atoms with Crippen LogP contribution in [-0.4, -0.2) is 11.7 Å². The normalized spacial score (nSPS) is 21.8. The van der Waals surface area contributed by atoms with Crippen LogP contribution in [0.4, 0.5) is 11.4 Å². The second-order valence-corrected chi connectivity index (χ2v) is 9.24. The summed E-state index contributed by atoms with van der Waals surface area (Å²) in [7, 11) is 0. The van der Waals surface area contributed by atoms with Crippen LogP contribution in [0, 0.1) is 5.92 Å². The largest absolute Gasteiger partial charge is 0.357 e. The molecule has 3 aliphatic rings. The summed E-state index contributed by atoms with van der Waals surface area (Å²) < 4.78 is 0. The zero-order valence-corrected chi connectivity index (χ0v) is 18.3. The highest BCUT2D eigenvalue weighted by atomic mass is 35.5. The van der Waals surface area contributed by atoms with Gasteiger partial charge in [-0.3, -0.25) is 14.5 Å². The first-order chi connectivity index (χ1) is 15.1. The number of anilines is 2. The van der Waals surface area contributed by atoms with Crippen LogP contribution in [0.25, 0.3) is 0 Å². The molecule has 4 nitrogen and oxygen atoms in total. The van der Waals surface area contributed by atoms with E-state index in [1.54, 1.807) is 0 Å². The van der Waals surface area contributed by atoms with E-state index in [0.29, 0.717) is 11.4 Å². The molecule has 0 spiro atoms. The van der Waals surface area contributed by atoms with Crippen LogP contribution in [0.3, 0.4) is 0 Å². The topological polar surface area (TPSA) is 49.4 Å². The first kappa shape index (κ1) is 20.3. The van der Waals surface area contributed by atoms with Crippen molar-refractivity contribution in [2.24, 2.45) is 5.92 Å². The molecule has 1 saturated carbocycles. The first-order valence-corrected chi connectivity index (χ1v) is 11.7. The molecule has 0 aromatic heterocycles. The molecule has 1 heterocycles. The van der Waals surface area contributed by atoms with Crippen molar-refractivity contribution < 1.29 is 9.59 Å². The van der Waals surface area contributed by atoms with Crippen LogP contribution in [0.1, 0.15) is 63.0 Å². The minimum Gasteiger partial charge on any atom is -0.357 e. The minimum atomic E-state index is -0.439. The van der Waals surface area contributed by atoms with E-state index >= 15 is 0 Å². The summed E-state index contributed by atoms with van der Waals surface area (Å²) in [5.41, 5.74) is 4.34. The van der Waals surface area contributed by atoms with Gasteiger partial charge in [0.25, 0.3) is 0 Å². The molecule has 1 aliphatic heterocycles. The first-order valence-electron chi connectivity index (χ1n) is 11.3. The van der Waals surface area contributed by atoms with Crippen molar-refractivity contribution in [3.63, 3.8) is 0 Å². The number of nitrogens with zero attached hydrogens (tertiary/aromatic N) is 1. The standard InChI is InChI=1S/C26H27ClN2O2/c27-19-15-13-17(14-16-19)25-24-21(10-6-12-23(24)30)28-20-9-4-5-11-22(20)29(25)26(31)18-7-2-1-3-8-18/h4-5,9,11,13-16,18,25,28H,1-3,6-8,10,12H2/t25-/m1/s1. The van der Waals surface area contributed by atoms with Gasteiger partial charge in [0.05, 0.1) is 17.4 Å². The SMILES string of the molecule is O=C1CCCC2=C1[C@@H](c1ccc(Cl)cc1)N(C(=O)C1CCCCC1)c1ccccc1N2. The highest BCUT2D eigenvalue weighted by Crippen LogP contribution is 2.46. The summed E-state index contributed by atoms with van der Waals surface area (Å²) in [6.07, 6.45) is 7.35. The van der Waals surface area contributed by atoms with Crippen molar-refractivity contribution >= 4 is 34.7 Å². The lowest BCUT2D eigenvalue weighted by Crippen LogP contribution is -2.42. The van der Waals surface area contributed by atoms with Gasteiger partial charge in [0, 0.05) is 28.6 Å². The second-order valence-electron chi connectivity index (χ2n) is 8.81. The van der Waals surface area contributed by atoms with E-state index in [-0.39, 0.29) is 17.6 Å². The van der Waals surface area contributed by atoms with Crippen LogP contribution >= 0.6 is 11.6 Å². The summed E-state index contributed by atoms with van der Waals surface area (Å²) in [6, 6.07) is 15.1. The Hall–Kier alpha value is -2.59. The van der Waals surface area contributed by atoms with Gasteiger partial charge in [-0.15, -0.1) is 0 Å². The van der Waals surface area contributed by atoms with E-state index in [1.165, 1.54) is 6.42 Å². The maximum absolute atomic E-state index is 14.0. The molecule has 31 heavy (non-hydrogen) atoms. The number of hydrogen-bond acceptors (Lipinski definition) is 3. The molecular formula is C26H27ClN2O2. The van der Waals surface area contributed by atoms with Crippen molar-refractivity contribution in [3.05, 3.63) is 70.4 Å². The summed E-state index contributed by atoms with van der Waals surface area (Å²) in [4.78, 5) is 29.2. The summed E-state index contributed by atoms with van der Waals surface area (Å²) in [6.45, 7) is 0. The Balaban J connectivity index is 1.72. The zero-order chi connectivity index (χ0) is 21.4. The quantitative estimate of drug-likeness (QED) is 0.592. The molecule has 0 bridgehead atoms. The van der Waals surface area contributed by atoms with E-state index in [1.807, 2.05) is 53.4 Å². The van der Waals surface area contributed by atoms with Gasteiger partial charge < -0.3 is 5.32 Å². The van der Waals surface area contributed by atoms with E-state index < -0.39 is 6.04 Å².